The molecule has 1 aromatic carbocycles. The number of pyridine rings is 2. The van der Waals surface area contributed by atoms with Crippen LogP contribution in [0, 0.1) is 11.3 Å². The summed E-state index contributed by atoms with van der Waals surface area (Å²) < 4.78 is 48.4. The minimum atomic E-state index is -3.78. The SMILES string of the molecule is CC(C)Nc1cc(-n2ncc3cc(C#N)cnc32)ncc1C(=O)NCCc1ccc(N(CS(=O)[O-])S(C)(=O)=O)cc1. The lowest BCUT2D eigenvalue weighted by Crippen LogP contribution is -2.32. The van der Waals surface area contributed by atoms with Crippen LogP contribution >= 0.6 is 0 Å². The summed E-state index contributed by atoms with van der Waals surface area (Å²) in [5.41, 5.74) is 2.88. The fourth-order valence-corrected chi connectivity index (χ4v) is 5.89. The molecular formula is C26H27N8O5S2-. The highest BCUT2D eigenvalue weighted by Crippen LogP contribution is 2.23. The average molecular weight is 596 g/mol. The van der Waals surface area contributed by atoms with Crippen molar-refractivity contribution in [2.45, 2.75) is 26.3 Å². The first-order chi connectivity index (χ1) is 19.5. The smallest absolute Gasteiger partial charge is 0.254 e. The molecule has 0 aliphatic heterocycles. The van der Waals surface area contributed by atoms with Crippen LogP contribution in [0.2, 0.25) is 0 Å². The number of sulfonamides is 1. The van der Waals surface area contributed by atoms with Crippen molar-refractivity contribution in [3.8, 4) is 11.9 Å². The standard InChI is InChI=1S/C26H28N8O5S2/c1-17(2)32-23-11-24(34-25-20(14-31-34)10-19(12-27)13-30-25)29-15-22(23)26(35)28-9-8-18-4-6-21(7-5-18)33(16-40(36)37)41(3,38)39/h4-7,10-11,13-15,17H,8-9,16H2,1-3H3,(H,28,35)(H,29,32)(H,36,37)/p-1. The largest absolute Gasteiger partial charge is 0.771 e. The lowest BCUT2D eigenvalue weighted by atomic mass is 10.1. The highest BCUT2D eigenvalue weighted by atomic mass is 32.2. The number of benzene rings is 1. The maximum Gasteiger partial charge on any atom is 0.254 e. The van der Waals surface area contributed by atoms with E-state index < -0.39 is 27.0 Å². The van der Waals surface area contributed by atoms with Crippen molar-refractivity contribution in [2.75, 3.05) is 28.3 Å². The van der Waals surface area contributed by atoms with Gasteiger partial charge in [-0.1, -0.05) is 12.1 Å². The van der Waals surface area contributed by atoms with Gasteiger partial charge < -0.3 is 15.2 Å². The molecule has 41 heavy (non-hydrogen) atoms. The lowest BCUT2D eigenvalue weighted by Gasteiger charge is -2.23. The van der Waals surface area contributed by atoms with Gasteiger partial charge in [-0.05, 0) is 55.1 Å². The number of nitrogens with one attached hydrogen (secondary N) is 2. The summed E-state index contributed by atoms with van der Waals surface area (Å²) in [4.78, 5) is 21.8. The van der Waals surface area contributed by atoms with Crippen molar-refractivity contribution in [2.24, 2.45) is 0 Å². The Morgan fingerprint density at radius 3 is 2.54 bits per heavy atom. The van der Waals surface area contributed by atoms with E-state index in [4.69, 9.17) is 5.26 Å². The fourth-order valence-electron chi connectivity index (χ4n) is 4.02. The normalized spacial score (nSPS) is 12.2. The highest BCUT2D eigenvalue weighted by Gasteiger charge is 2.18. The van der Waals surface area contributed by atoms with E-state index in [2.05, 4.69) is 31.8 Å². The number of amides is 1. The quantitative estimate of drug-likeness (QED) is 0.243. The molecule has 0 saturated heterocycles. The van der Waals surface area contributed by atoms with Crippen LogP contribution in [0.1, 0.15) is 35.3 Å². The van der Waals surface area contributed by atoms with Gasteiger partial charge in [0.05, 0.1) is 40.8 Å². The Balaban J connectivity index is 1.47. The first-order valence-electron chi connectivity index (χ1n) is 12.4. The molecule has 4 rings (SSSR count). The Morgan fingerprint density at radius 2 is 1.90 bits per heavy atom. The van der Waals surface area contributed by atoms with Crippen molar-refractivity contribution in [3.63, 3.8) is 0 Å². The van der Waals surface area contributed by atoms with Crippen LogP contribution < -0.4 is 14.9 Å². The molecule has 0 bridgehead atoms. The molecule has 0 aliphatic carbocycles. The maximum atomic E-state index is 13.1. The number of anilines is 2. The van der Waals surface area contributed by atoms with Crippen molar-refractivity contribution < 1.29 is 22.0 Å². The molecule has 2 N–H and O–H groups in total. The van der Waals surface area contributed by atoms with Crippen LogP contribution in [0.25, 0.3) is 16.9 Å². The number of nitrogens with zero attached hydrogens (tertiary/aromatic N) is 6. The molecule has 15 heteroatoms. The second-order valence-corrected chi connectivity index (χ2v) is 12.2. The minimum absolute atomic E-state index is 0.0199. The van der Waals surface area contributed by atoms with Crippen LogP contribution in [-0.4, -0.2) is 67.6 Å². The van der Waals surface area contributed by atoms with E-state index in [0.29, 0.717) is 40.1 Å². The van der Waals surface area contributed by atoms with Gasteiger partial charge in [0.1, 0.15) is 6.07 Å². The molecule has 4 aromatic rings. The molecule has 13 nitrogen and oxygen atoms in total. The number of rotatable bonds is 11. The lowest BCUT2D eigenvalue weighted by molar-refractivity contribution is 0.0954. The van der Waals surface area contributed by atoms with Crippen molar-refractivity contribution in [1.82, 2.24) is 25.1 Å². The van der Waals surface area contributed by atoms with Gasteiger partial charge in [-0.25, -0.2) is 18.4 Å². The van der Waals surface area contributed by atoms with Crippen LogP contribution in [0.5, 0.6) is 0 Å². The Morgan fingerprint density at radius 1 is 1.17 bits per heavy atom. The van der Waals surface area contributed by atoms with Gasteiger partial charge in [-0.15, -0.1) is 0 Å². The zero-order chi connectivity index (χ0) is 29.7. The third-order valence-corrected chi connectivity index (χ3v) is 7.65. The Hall–Kier alpha value is -4.39. The summed E-state index contributed by atoms with van der Waals surface area (Å²) in [5, 5.41) is 20.3. The third kappa shape index (κ3) is 7.23. The van der Waals surface area contributed by atoms with Crippen LogP contribution in [0.15, 0.2) is 55.0 Å². The first kappa shape index (κ1) is 29.6. The topological polar surface area (TPSA) is 186 Å². The number of hydrogen-bond donors (Lipinski definition) is 2. The summed E-state index contributed by atoms with van der Waals surface area (Å²) in [6.07, 6.45) is 5.90. The van der Waals surface area contributed by atoms with Gasteiger partial charge >= 0.3 is 0 Å². The Kier molecular flexibility index (Phi) is 8.96. The molecule has 1 amide bonds. The number of fused-ring (bicyclic) bond motifs is 1. The second-order valence-electron chi connectivity index (χ2n) is 9.41. The number of aromatic nitrogens is 4. The first-order valence-corrected chi connectivity index (χ1v) is 15.5. The van der Waals surface area contributed by atoms with Gasteiger partial charge in [0.25, 0.3) is 5.91 Å². The van der Waals surface area contributed by atoms with Crippen molar-refractivity contribution >= 4 is 49.4 Å². The molecule has 1 unspecified atom stereocenters. The zero-order valence-electron chi connectivity index (χ0n) is 22.4. The fraction of sp³-hybridized carbons (Fsp3) is 0.269. The van der Waals surface area contributed by atoms with Gasteiger partial charge in [0.15, 0.2) is 11.5 Å². The molecule has 0 radical (unpaired) electrons. The molecule has 1 atom stereocenters. The third-order valence-electron chi connectivity index (χ3n) is 5.88. The predicted octanol–water partition coefficient (Wildman–Crippen LogP) is 2.08. The van der Waals surface area contributed by atoms with E-state index in [0.717, 1.165) is 16.1 Å². The average Bonchev–Trinajstić information content (AvgIpc) is 3.34. The Labute approximate surface area is 239 Å². The van der Waals surface area contributed by atoms with Crippen LogP contribution in [0.3, 0.4) is 0 Å². The summed E-state index contributed by atoms with van der Waals surface area (Å²) in [6, 6.07) is 11.9. The molecule has 3 heterocycles. The summed E-state index contributed by atoms with van der Waals surface area (Å²) in [7, 11) is -3.78. The van der Waals surface area contributed by atoms with E-state index in [1.807, 2.05) is 13.8 Å². The predicted molar refractivity (Wildman–Crippen MR) is 154 cm³/mol. The summed E-state index contributed by atoms with van der Waals surface area (Å²) >= 11 is -2.58. The molecule has 0 fully saturated rings. The molecular weight excluding hydrogens is 568 g/mol. The number of carbonyl (C=O) groups is 1. The van der Waals surface area contributed by atoms with E-state index >= 15 is 0 Å². The van der Waals surface area contributed by atoms with E-state index in [1.54, 1.807) is 30.5 Å². The Bertz CT molecular complexity index is 1750. The summed E-state index contributed by atoms with van der Waals surface area (Å²) in [5.74, 6) is -0.573. The zero-order valence-corrected chi connectivity index (χ0v) is 24.1. The van der Waals surface area contributed by atoms with Crippen molar-refractivity contribution in [1.29, 1.82) is 5.26 Å². The highest BCUT2D eigenvalue weighted by molar-refractivity contribution is 7.93. The number of hydrogen-bond acceptors (Lipinski definition) is 10. The molecule has 0 saturated carbocycles. The number of carbonyl (C=O) groups excluding carboxylic acids is 1. The van der Waals surface area contributed by atoms with E-state index in [1.165, 1.54) is 29.2 Å². The molecule has 0 aliphatic rings. The summed E-state index contributed by atoms with van der Waals surface area (Å²) in [6.45, 7) is 4.18. The van der Waals surface area contributed by atoms with Gasteiger partial charge in [-0.2, -0.15) is 15.0 Å². The van der Waals surface area contributed by atoms with Gasteiger partial charge in [-0.3, -0.25) is 13.3 Å². The minimum Gasteiger partial charge on any atom is -0.771 e. The molecule has 3 aromatic heterocycles. The van der Waals surface area contributed by atoms with Crippen LogP contribution in [0.4, 0.5) is 11.4 Å². The maximum absolute atomic E-state index is 13.1. The second kappa shape index (κ2) is 12.4. The molecule has 0 spiro atoms. The van der Waals surface area contributed by atoms with Crippen LogP contribution in [-0.2, 0) is 27.5 Å². The monoisotopic (exact) mass is 595 g/mol. The number of nitriles is 1. The van der Waals surface area contributed by atoms with Crippen molar-refractivity contribution in [3.05, 3.63) is 71.7 Å². The van der Waals surface area contributed by atoms with E-state index in [-0.39, 0.29) is 24.2 Å². The van der Waals surface area contributed by atoms with E-state index in [9.17, 15) is 22.0 Å². The van der Waals surface area contributed by atoms with Gasteiger partial charge in [0, 0.05) is 36.4 Å². The molecule has 214 valence electrons. The van der Waals surface area contributed by atoms with Gasteiger partial charge in [0.2, 0.25) is 10.0 Å².